The monoisotopic (exact) mass is 377 g/mol. The topological polar surface area (TPSA) is 118 Å². The highest BCUT2D eigenvalue weighted by atomic mass is 32.2. The van der Waals surface area contributed by atoms with E-state index >= 15 is 0 Å². The first kappa shape index (κ1) is 19.4. The van der Waals surface area contributed by atoms with Gasteiger partial charge >= 0.3 is 0 Å². The molecule has 0 radical (unpaired) electrons. The maximum atomic E-state index is 12.3. The van der Waals surface area contributed by atoms with Crippen LogP contribution in [0.5, 0.6) is 0 Å². The Labute approximate surface area is 151 Å². The summed E-state index contributed by atoms with van der Waals surface area (Å²) < 4.78 is 23.2. The molecule has 8 nitrogen and oxygen atoms in total. The van der Waals surface area contributed by atoms with Gasteiger partial charge in [0.25, 0.3) is 11.6 Å². The second-order valence-electron chi connectivity index (χ2n) is 5.74. The predicted molar refractivity (Wildman–Crippen MR) is 98.2 cm³/mol. The zero-order chi connectivity index (χ0) is 19.3. The fourth-order valence-corrected chi connectivity index (χ4v) is 2.90. The van der Waals surface area contributed by atoms with Gasteiger partial charge in [-0.05, 0) is 36.8 Å². The van der Waals surface area contributed by atoms with Gasteiger partial charge in [-0.2, -0.15) is 0 Å². The summed E-state index contributed by atoms with van der Waals surface area (Å²) in [6.07, 6.45) is 1.09. The maximum Gasteiger partial charge on any atom is 0.269 e. The quantitative estimate of drug-likeness (QED) is 0.434. The Hall–Kier alpha value is -2.94. The van der Waals surface area contributed by atoms with Gasteiger partial charge in [0.15, 0.2) is 9.84 Å². The molecule has 0 aliphatic carbocycles. The molecule has 2 aromatic carbocycles. The van der Waals surface area contributed by atoms with Gasteiger partial charge in [-0.3, -0.25) is 14.9 Å². The minimum atomic E-state index is -3.39. The first-order valence-electron chi connectivity index (χ1n) is 7.76. The van der Waals surface area contributed by atoms with Gasteiger partial charge in [0.05, 0.1) is 9.82 Å². The summed E-state index contributed by atoms with van der Waals surface area (Å²) in [6.45, 7) is 2.45. The number of non-ortho nitro benzene ring substituents is 1. The van der Waals surface area contributed by atoms with E-state index in [1.54, 1.807) is 25.1 Å². The molecule has 0 heterocycles. The molecule has 0 fully saturated rings. The molecule has 9 heteroatoms. The van der Waals surface area contributed by atoms with Crippen LogP contribution in [-0.2, 0) is 9.84 Å². The van der Waals surface area contributed by atoms with Crippen molar-refractivity contribution in [1.82, 2.24) is 5.32 Å². The smallest absolute Gasteiger partial charge is 0.269 e. The summed E-state index contributed by atoms with van der Waals surface area (Å²) in [5.41, 5.74) is 1.69. The van der Waals surface area contributed by atoms with Crippen LogP contribution in [0.1, 0.15) is 15.9 Å². The van der Waals surface area contributed by atoms with E-state index in [1.165, 1.54) is 24.3 Å². The molecule has 1 amide bonds. The number of amides is 1. The Morgan fingerprint density at radius 1 is 1.12 bits per heavy atom. The van der Waals surface area contributed by atoms with Gasteiger partial charge in [-0.1, -0.05) is 6.07 Å². The lowest BCUT2D eigenvalue weighted by Crippen LogP contribution is -2.29. The van der Waals surface area contributed by atoms with Crippen LogP contribution in [0.2, 0.25) is 0 Å². The van der Waals surface area contributed by atoms with Crippen molar-refractivity contribution >= 4 is 27.1 Å². The third kappa shape index (κ3) is 5.03. The minimum Gasteiger partial charge on any atom is -0.383 e. The van der Waals surface area contributed by atoms with Crippen LogP contribution in [0.25, 0.3) is 0 Å². The number of aryl methyl sites for hydroxylation is 1. The van der Waals surface area contributed by atoms with E-state index < -0.39 is 14.8 Å². The van der Waals surface area contributed by atoms with Crippen molar-refractivity contribution in [1.29, 1.82) is 0 Å². The van der Waals surface area contributed by atoms with E-state index in [0.717, 1.165) is 6.26 Å². The van der Waals surface area contributed by atoms with E-state index in [4.69, 9.17) is 0 Å². The molecule has 2 rings (SSSR count). The summed E-state index contributed by atoms with van der Waals surface area (Å²) in [4.78, 5) is 22.5. The number of hydrogen-bond acceptors (Lipinski definition) is 6. The predicted octanol–water partition coefficient (Wildman–Crippen LogP) is 2.15. The molecule has 26 heavy (non-hydrogen) atoms. The van der Waals surface area contributed by atoms with Crippen molar-refractivity contribution < 1.29 is 18.1 Å². The summed E-state index contributed by atoms with van der Waals surface area (Å²) in [7, 11) is -3.39. The van der Waals surface area contributed by atoms with Crippen molar-refractivity contribution in [2.45, 2.75) is 11.8 Å². The van der Waals surface area contributed by atoms with Gasteiger partial charge in [0, 0.05) is 42.7 Å². The number of sulfone groups is 1. The SMILES string of the molecule is Cc1ccc(S(C)(=O)=O)cc1C(=O)NCCNc1ccc([N+](=O)[O-])cc1. The summed E-state index contributed by atoms with van der Waals surface area (Å²) >= 11 is 0. The second-order valence-corrected chi connectivity index (χ2v) is 7.75. The molecule has 2 aromatic rings. The number of nitro groups is 1. The molecule has 0 aliphatic heterocycles. The number of nitro benzene ring substituents is 1. The molecule has 0 saturated heterocycles. The van der Waals surface area contributed by atoms with Crippen LogP contribution in [0.15, 0.2) is 47.4 Å². The zero-order valence-corrected chi connectivity index (χ0v) is 15.2. The van der Waals surface area contributed by atoms with E-state index in [0.29, 0.717) is 29.9 Å². The van der Waals surface area contributed by atoms with Crippen LogP contribution >= 0.6 is 0 Å². The van der Waals surface area contributed by atoms with Crippen LogP contribution in [-0.4, -0.2) is 38.6 Å². The molecule has 0 atom stereocenters. The Balaban J connectivity index is 1.92. The maximum absolute atomic E-state index is 12.3. The second kappa shape index (κ2) is 7.96. The number of benzene rings is 2. The zero-order valence-electron chi connectivity index (χ0n) is 14.4. The van der Waals surface area contributed by atoms with Gasteiger partial charge in [-0.25, -0.2) is 8.42 Å². The molecule has 0 spiro atoms. The van der Waals surface area contributed by atoms with E-state index in [1.807, 2.05) is 0 Å². The molecule has 138 valence electrons. The van der Waals surface area contributed by atoms with Crippen molar-refractivity contribution in [3.8, 4) is 0 Å². The van der Waals surface area contributed by atoms with Gasteiger partial charge < -0.3 is 10.6 Å². The number of nitrogens with zero attached hydrogens (tertiary/aromatic N) is 1. The average molecular weight is 377 g/mol. The van der Waals surface area contributed by atoms with E-state index in [-0.39, 0.29) is 16.5 Å². The Bertz CT molecular complexity index is 924. The highest BCUT2D eigenvalue weighted by molar-refractivity contribution is 7.90. The van der Waals surface area contributed by atoms with Gasteiger partial charge in [-0.15, -0.1) is 0 Å². The molecule has 0 bridgehead atoms. The molecular formula is C17H19N3O5S. The Morgan fingerprint density at radius 3 is 2.35 bits per heavy atom. The minimum absolute atomic E-state index is 0.00471. The van der Waals surface area contributed by atoms with E-state index in [2.05, 4.69) is 10.6 Å². The molecule has 2 N–H and O–H groups in total. The largest absolute Gasteiger partial charge is 0.383 e. The van der Waals surface area contributed by atoms with Crippen LogP contribution in [0, 0.1) is 17.0 Å². The number of anilines is 1. The fraction of sp³-hybridized carbons (Fsp3) is 0.235. The van der Waals surface area contributed by atoms with Crippen molar-refractivity contribution in [3.05, 3.63) is 63.7 Å². The standard InChI is InChI=1S/C17H19N3O5S/c1-12-3-8-15(26(2,24)25)11-16(12)17(21)19-10-9-18-13-4-6-14(7-5-13)20(22)23/h3-8,11,18H,9-10H2,1-2H3,(H,19,21). The summed E-state index contributed by atoms with van der Waals surface area (Å²) in [6, 6.07) is 10.4. The number of carbonyl (C=O) groups excluding carboxylic acids is 1. The highest BCUT2D eigenvalue weighted by Gasteiger charge is 2.14. The van der Waals surface area contributed by atoms with Crippen molar-refractivity contribution in [3.63, 3.8) is 0 Å². The van der Waals surface area contributed by atoms with Crippen LogP contribution < -0.4 is 10.6 Å². The third-order valence-electron chi connectivity index (χ3n) is 3.70. The molecule has 0 aliphatic rings. The molecular weight excluding hydrogens is 358 g/mol. The Kier molecular flexibility index (Phi) is 5.93. The highest BCUT2D eigenvalue weighted by Crippen LogP contribution is 2.16. The fourth-order valence-electron chi connectivity index (χ4n) is 2.26. The number of carbonyl (C=O) groups is 1. The molecule has 0 saturated carbocycles. The van der Waals surface area contributed by atoms with Crippen LogP contribution in [0.3, 0.4) is 0 Å². The third-order valence-corrected chi connectivity index (χ3v) is 4.81. The number of hydrogen-bond donors (Lipinski definition) is 2. The van der Waals surface area contributed by atoms with E-state index in [9.17, 15) is 23.3 Å². The summed E-state index contributed by atoms with van der Waals surface area (Å²) in [5.74, 6) is -0.363. The van der Waals surface area contributed by atoms with Crippen molar-refractivity contribution in [2.75, 3.05) is 24.7 Å². The first-order valence-corrected chi connectivity index (χ1v) is 9.65. The number of rotatable bonds is 7. The Morgan fingerprint density at radius 2 is 1.77 bits per heavy atom. The lowest BCUT2D eigenvalue weighted by atomic mass is 10.1. The van der Waals surface area contributed by atoms with Crippen molar-refractivity contribution in [2.24, 2.45) is 0 Å². The normalized spacial score (nSPS) is 11.0. The lowest BCUT2D eigenvalue weighted by molar-refractivity contribution is -0.384. The molecule has 0 unspecified atom stereocenters. The number of nitrogens with one attached hydrogen (secondary N) is 2. The summed E-state index contributed by atoms with van der Waals surface area (Å²) in [5, 5.41) is 16.3. The first-order chi connectivity index (χ1) is 12.2. The van der Waals surface area contributed by atoms with Gasteiger partial charge in [0.1, 0.15) is 0 Å². The average Bonchev–Trinajstić information content (AvgIpc) is 2.58. The molecule has 0 aromatic heterocycles. The van der Waals surface area contributed by atoms with Gasteiger partial charge in [0.2, 0.25) is 0 Å². The van der Waals surface area contributed by atoms with Crippen LogP contribution in [0.4, 0.5) is 11.4 Å². The lowest BCUT2D eigenvalue weighted by Gasteiger charge is -2.10.